The number of carbonyl (C=O) groups is 2. The summed E-state index contributed by atoms with van der Waals surface area (Å²) in [5.41, 5.74) is 4.40. The molecule has 2 heterocycles. The highest BCUT2D eigenvalue weighted by Crippen LogP contribution is 2.89. The number of esters is 1. The first-order chi connectivity index (χ1) is 22.7. The molecular weight excluding hydrogens is 624 g/mol. The molecule has 0 aromatic heterocycles. The van der Waals surface area contributed by atoms with Gasteiger partial charge in [-0.05, 0) is 117 Å². The molecule has 5 aliphatic carbocycles. The Morgan fingerprint density at radius 1 is 1.04 bits per heavy atom. The third-order valence-corrected chi connectivity index (χ3v) is 16.4. The predicted molar refractivity (Wildman–Crippen MR) is 183 cm³/mol. The lowest BCUT2D eigenvalue weighted by Gasteiger charge is -2.64. The highest BCUT2D eigenvalue weighted by atomic mass is 16.7. The van der Waals surface area contributed by atoms with Crippen LogP contribution in [0.1, 0.15) is 114 Å². The number of hydrogen-bond acceptors (Lipinski definition) is 9. The fourth-order valence-corrected chi connectivity index (χ4v) is 14.0. The summed E-state index contributed by atoms with van der Waals surface area (Å²) in [7, 11) is 0. The van der Waals surface area contributed by atoms with Crippen LogP contribution in [0.15, 0.2) is 0 Å². The van der Waals surface area contributed by atoms with Crippen molar-refractivity contribution in [1.82, 2.24) is 4.90 Å². The number of nitrogens with zero attached hydrogens (tertiary/aromatic N) is 1. The van der Waals surface area contributed by atoms with Gasteiger partial charge in [-0.2, -0.15) is 0 Å². The lowest BCUT2D eigenvalue weighted by molar-refractivity contribution is -0.250. The number of aliphatic hydroxyl groups is 2. The number of ether oxygens (including phenoxy) is 4. The van der Waals surface area contributed by atoms with E-state index in [1.54, 1.807) is 13.8 Å². The van der Waals surface area contributed by atoms with E-state index in [1.165, 1.54) is 19.8 Å². The maximum absolute atomic E-state index is 12.6. The second-order valence-corrected chi connectivity index (χ2v) is 19.2. The summed E-state index contributed by atoms with van der Waals surface area (Å²) in [4.78, 5) is 26.1. The monoisotopic (exact) mass is 688 g/mol. The molecule has 0 bridgehead atoms. The summed E-state index contributed by atoms with van der Waals surface area (Å²) in [5, 5.41) is 23.6. The van der Waals surface area contributed by atoms with Crippen molar-refractivity contribution in [3.8, 4) is 0 Å². The van der Waals surface area contributed by atoms with E-state index < -0.39 is 29.9 Å². The van der Waals surface area contributed by atoms with Crippen LogP contribution in [0.25, 0.3) is 0 Å². The second-order valence-electron chi connectivity index (χ2n) is 19.2. The molecule has 15 atom stereocenters. The minimum atomic E-state index is -1.27. The predicted octanol–water partition coefficient (Wildman–Crippen LogP) is 4.42. The Labute approximate surface area is 293 Å². The van der Waals surface area contributed by atoms with Crippen molar-refractivity contribution in [2.75, 3.05) is 19.7 Å². The average Bonchev–Trinajstić information content (AvgIpc) is 3.65. The zero-order chi connectivity index (χ0) is 35.7. The van der Waals surface area contributed by atoms with Crippen LogP contribution in [-0.4, -0.2) is 95.1 Å². The highest BCUT2D eigenvalue weighted by molar-refractivity contribution is 5.79. The van der Waals surface area contributed by atoms with Crippen LogP contribution >= 0.6 is 0 Å². The molecule has 4 N–H and O–H groups in total. The molecular formula is C39H64N2O8. The molecule has 0 aromatic rings. The molecule has 10 heteroatoms. The summed E-state index contributed by atoms with van der Waals surface area (Å²) < 4.78 is 25.4. The van der Waals surface area contributed by atoms with Gasteiger partial charge in [-0.3, -0.25) is 14.5 Å². The van der Waals surface area contributed by atoms with Gasteiger partial charge in [0.2, 0.25) is 5.91 Å². The van der Waals surface area contributed by atoms with Gasteiger partial charge < -0.3 is 34.9 Å². The van der Waals surface area contributed by atoms with Crippen molar-refractivity contribution >= 4 is 11.9 Å². The van der Waals surface area contributed by atoms with Gasteiger partial charge in [0.25, 0.3) is 0 Å². The number of rotatable bonds is 7. The van der Waals surface area contributed by atoms with E-state index in [9.17, 15) is 19.8 Å². The zero-order valence-electron chi connectivity index (χ0n) is 31.5. The molecule has 2 spiro atoms. The van der Waals surface area contributed by atoms with E-state index in [1.807, 2.05) is 6.92 Å². The molecule has 49 heavy (non-hydrogen) atoms. The normalized spacial score (nSPS) is 50.1. The smallest absolute Gasteiger partial charge is 0.303 e. The number of carbonyl (C=O) groups excluding carboxylic acids is 2. The van der Waals surface area contributed by atoms with Crippen LogP contribution in [0.3, 0.4) is 0 Å². The van der Waals surface area contributed by atoms with Crippen molar-refractivity contribution in [3.05, 3.63) is 0 Å². The summed E-state index contributed by atoms with van der Waals surface area (Å²) in [6.07, 6.45) is 5.95. The van der Waals surface area contributed by atoms with Crippen molar-refractivity contribution in [1.29, 1.82) is 0 Å². The molecule has 7 rings (SSSR count). The molecule has 2 unspecified atom stereocenters. The summed E-state index contributed by atoms with van der Waals surface area (Å²) >= 11 is 0. The summed E-state index contributed by atoms with van der Waals surface area (Å²) in [5.74, 6) is 0.630. The van der Waals surface area contributed by atoms with Crippen LogP contribution in [0.5, 0.6) is 0 Å². The van der Waals surface area contributed by atoms with Gasteiger partial charge in [0.1, 0.15) is 0 Å². The number of amides is 1. The Hall–Kier alpha value is -1.30. The van der Waals surface area contributed by atoms with Crippen LogP contribution < -0.4 is 5.73 Å². The minimum Gasteiger partial charge on any atom is -0.457 e. The van der Waals surface area contributed by atoms with Crippen molar-refractivity contribution in [3.63, 3.8) is 0 Å². The number of hydrogen-bond donors (Lipinski definition) is 3. The van der Waals surface area contributed by atoms with Crippen LogP contribution in [0.4, 0.5) is 0 Å². The first kappa shape index (κ1) is 36.1. The molecule has 0 aromatic carbocycles. The number of primary amides is 1. The average molecular weight is 689 g/mol. The van der Waals surface area contributed by atoms with Gasteiger partial charge in [0, 0.05) is 18.9 Å². The maximum atomic E-state index is 12.6. The molecule has 2 aliphatic heterocycles. The summed E-state index contributed by atoms with van der Waals surface area (Å²) in [6, 6.07) is -0.344. The molecule has 2 saturated heterocycles. The van der Waals surface area contributed by atoms with Gasteiger partial charge in [-0.25, -0.2) is 0 Å². The molecule has 7 fully saturated rings. The molecule has 10 nitrogen and oxygen atoms in total. The number of nitrogens with two attached hydrogens (primary N) is 1. The topological polar surface area (TPSA) is 141 Å². The Balaban J connectivity index is 1.12. The number of aliphatic hydroxyl groups excluding tert-OH is 1. The number of morpholine rings is 1. The zero-order valence-corrected chi connectivity index (χ0v) is 31.5. The molecule has 1 amide bonds. The lowest BCUT2D eigenvalue weighted by Crippen LogP contribution is -2.60. The second kappa shape index (κ2) is 11.6. The summed E-state index contributed by atoms with van der Waals surface area (Å²) in [6.45, 7) is 20.3. The van der Waals surface area contributed by atoms with Gasteiger partial charge in [0.05, 0.1) is 49.2 Å². The Morgan fingerprint density at radius 3 is 2.37 bits per heavy atom. The van der Waals surface area contributed by atoms with E-state index in [-0.39, 0.29) is 69.4 Å². The first-order valence-corrected chi connectivity index (χ1v) is 19.3. The maximum Gasteiger partial charge on any atom is 0.303 e. The molecule has 5 saturated carbocycles. The molecule has 0 radical (unpaired) electrons. The Kier molecular flexibility index (Phi) is 8.54. The minimum absolute atomic E-state index is 0.0364. The van der Waals surface area contributed by atoms with Gasteiger partial charge in [-0.15, -0.1) is 0 Å². The van der Waals surface area contributed by atoms with Gasteiger partial charge >= 0.3 is 5.97 Å². The molecule has 7 aliphatic rings. The fraction of sp³-hybridized carbons (Fsp3) is 0.949. The molecule has 278 valence electrons. The SMILES string of the molecule is CC(=O)O[C@@H]([C@H]1C[C@@H](C)[C@H]2[C@H](O1)[C@H](O)[C@@]1(C)[C@@H]3CC[C@H]4C(C)(C)C(O[C@H]5CN([C@@H](C)C(N)=O)CCO5)CCC45C[C@@]35CC[C@]21C)C(C)(C)O. The van der Waals surface area contributed by atoms with Gasteiger partial charge in [-0.1, -0.05) is 34.6 Å². The third kappa shape index (κ3) is 4.99. The fourth-order valence-electron chi connectivity index (χ4n) is 14.0. The van der Waals surface area contributed by atoms with E-state index >= 15 is 0 Å². The van der Waals surface area contributed by atoms with Crippen molar-refractivity contribution < 1.29 is 38.7 Å². The lowest BCUT2D eigenvalue weighted by atomic mass is 9.41. The third-order valence-electron chi connectivity index (χ3n) is 16.4. The van der Waals surface area contributed by atoms with E-state index in [4.69, 9.17) is 24.7 Å². The standard InChI is InChI=1S/C39H64N2O8/c1-21-18-24(32(35(6,7)45)47-23(3)42)48-30-29(21)36(8)14-15-39-20-38(39)13-12-27(49-28-19-41(16-17-46-28)22(2)33(40)44)34(4,5)25(38)10-11-26(39)37(36,9)31(30)43/h21-22,24-32,43,45H,10-20H2,1-9H3,(H2,40,44)/t21-,22+,24-,25+,26+,27?,28+,29+,30+,31+,32+,36-,37-,38?,39+/m1/s1. The van der Waals surface area contributed by atoms with Crippen LogP contribution in [-0.2, 0) is 28.5 Å². The van der Waals surface area contributed by atoms with Crippen molar-refractivity contribution in [2.24, 2.45) is 56.5 Å². The van der Waals surface area contributed by atoms with E-state index in [2.05, 4.69) is 39.5 Å². The van der Waals surface area contributed by atoms with Gasteiger partial charge in [0.15, 0.2) is 12.4 Å². The van der Waals surface area contributed by atoms with E-state index in [0.29, 0.717) is 38.0 Å². The first-order valence-electron chi connectivity index (χ1n) is 19.3. The Bertz CT molecular complexity index is 1330. The van der Waals surface area contributed by atoms with Crippen LogP contribution in [0, 0.1) is 50.7 Å². The Morgan fingerprint density at radius 2 is 1.71 bits per heavy atom. The largest absolute Gasteiger partial charge is 0.457 e. The van der Waals surface area contributed by atoms with Crippen molar-refractivity contribution in [2.45, 2.75) is 162 Å². The quantitative estimate of drug-likeness (QED) is 0.332. The highest BCUT2D eigenvalue weighted by Gasteiger charge is 2.84. The number of fused-ring (bicyclic) bond motifs is 4. The van der Waals surface area contributed by atoms with E-state index in [0.717, 1.165) is 32.1 Å². The van der Waals surface area contributed by atoms with Crippen LogP contribution in [0.2, 0.25) is 0 Å².